The predicted molar refractivity (Wildman–Crippen MR) is 65.8 cm³/mol. The highest BCUT2D eigenvalue weighted by atomic mass is 31.0. The van der Waals surface area contributed by atoms with Crippen molar-refractivity contribution in [2.75, 3.05) is 0 Å². The number of rotatable bonds is 4. The second-order valence-corrected chi connectivity index (χ2v) is 4.09. The Hall–Kier alpha value is 0.260. The van der Waals surface area contributed by atoms with Crippen LogP contribution in [0, 0.1) is 5.92 Å². The van der Waals surface area contributed by atoms with E-state index in [2.05, 4.69) is 38.9 Å². The van der Waals surface area contributed by atoms with Gasteiger partial charge in [0.05, 0.1) is 0 Å². The Bertz CT molecular complexity index is 240. The van der Waals surface area contributed by atoms with Crippen LogP contribution in [0.1, 0.15) is 20.3 Å². The Balaban J connectivity index is 2.95. The molecule has 0 N–H and O–H groups in total. The largest absolute Gasteiger partial charge is 0.355 e. The van der Waals surface area contributed by atoms with Gasteiger partial charge < -0.3 is 9.05 Å². The average molecular weight is 232 g/mol. The third-order valence-corrected chi connectivity index (χ3v) is 3.63. The fraction of sp³-hybridized carbons (Fsp3) is 0.600. The average Bonchev–Trinajstić information content (AvgIpc) is 2.27. The van der Waals surface area contributed by atoms with Crippen molar-refractivity contribution < 1.29 is 9.05 Å². The molecular weight excluding hydrogens is 214 g/mol. The lowest BCUT2D eigenvalue weighted by atomic mass is 9.80. The Morgan fingerprint density at radius 1 is 1.43 bits per heavy atom. The molecule has 0 radical (unpaired) electrons. The molecule has 1 aliphatic rings. The molecule has 0 fully saturated rings. The predicted octanol–water partition coefficient (Wildman–Crippen LogP) is 2.88. The van der Waals surface area contributed by atoms with Gasteiger partial charge in [-0.3, -0.25) is 0 Å². The van der Waals surface area contributed by atoms with Crippen molar-refractivity contribution in [3.05, 3.63) is 24.3 Å². The zero-order chi connectivity index (χ0) is 10.6. The molecule has 0 aromatic rings. The van der Waals surface area contributed by atoms with Gasteiger partial charge in [0.25, 0.3) is 0 Å². The Morgan fingerprint density at radius 2 is 2.14 bits per heavy atom. The minimum absolute atomic E-state index is 0.0371. The summed E-state index contributed by atoms with van der Waals surface area (Å²) >= 11 is 0. The van der Waals surface area contributed by atoms with Crippen LogP contribution < -0.4 is 0 Å². The molecule has 0 heterocycles. The van der Waals surface area contributed by atoms with Gasteiger partial charge >= 0.3 is 0 Å². The molecule has 14 heavy (non-hydrogen) atoms. The van der Waals surface area contributed by atoms with Crippen LogP contribution in [0.3, 0.4) is 0 Å². The van der Waals surface area contributed by atoms with Crippen LogP contribution in [0.4, 0.5) is 0 Å². The highest BCUT2D eigenvalue weighted by molar-refractivity contribution is 7.10. The Kier molecular flexibility index (Phi) is 4.73. The van der Waals surface area contributed by atoms with Gasteiger partial charge in [-0.05, 0) is 12.0 Å². The van der Waals surface area contributed by atoms with E-state index in [0.717, 1.165) is 6.42 Å². The van der Waals surface area contributed by atoms with E-state index in [-0.39, 0.29) is 11.7 Å². The van der Waals surface area contributed by atoms with Crippen LogP contribution in [-0.4, -0.2) is 11.7 Å². The van der Waals surface area contributed by atoms with Gasteiger partial charge in [0.2, 0.25) is 0 Å². The van der Waals surface area contributed by atoms with E-state index >= 15 is 0 Å². The zero-order valence-electron chi connectivity index (χ0n) is 8.64. The van der Waals surface area contributed by atoms with Crippen LogP contribution >= 0.6 is 18.9 Å². The van der Waals surface area contributed by atoms with Crippen LogP contribution in [0.2, 0.25) is 0 Å². The summed E-state index contributed by atoms with van der Waals surface area (Å²) in [4.78, 5) is 0. The maximum Gasteiger partial charge on any atom is 0.123 e. The first-order valence-electron chi connectivity index (χ1n) is 4.80. The summed E-state index contributed by atoms with van der Waals surface area (Å²) in [5.41, 5.74) is -0.351. The maximum absolute atomic E-state index is 5.58. The van der Waals surface area contributed by atoms with Crippen molar-refractivity contribution >= 4 is 18.9 Å². The van der Waals surface area contributed by atoms with Gasteiger partial charge in [-0.15, -0.1) is 0 Å². The van der Waals surface area contributed by atoms with Crippen LogP contribution in [0.5, 0.6) is 0 Å². The lowest BCUT2D eigenvalue weighted by molar-refractivity contribution is -0.000816. The molecule has 1 aliphatic carbocycles. The first kappa shape index (κ1) is 12.3. The van der Waals surface area contributed by atoms with Crippen LogP contribution in [0.15, 0.2) is 24.3 Å². The summed E-state index contributed by atoms with van der Waals surface area (Å²) in [6, 6.07) is 0. The van der Waals surface area contributed by atoms with Crippen molar-refractivity contribution in [1.82, 2.24) is 0 Å². The maximum atomic E-state index is 5.58. The standard InChI is InChI=1S/C10H18O2P2/c1-3-8(2)10(12-14)7-5-4-6-9(10)11-13/h4-9H,3,13-14H2,1-2H3/t8?,9-,10-/m1/s1. The highest BCUT2D eigenvalue weighted by Gasteiger charge is 2.41. The van der Waals surface area contributed by atoms with E-state index in [0.29, 0.717) is 5.92 Å². The second-order valence-electron chi connectivity index (χ2n) is 3.58. The Labute approximate surface area is 90.7 Å². The van der Waals surface area contributed by atoms with Crippen molar-refractivity contribution in [2.24, 2.45) is 5.92 Å². The first-order chi connectivity index (χ1) is 6.71. The molecule has 3 unspecified atom stereocenters. The topological polar surface area (TPSA) is 18.5 Å². The van der Waals surface area contributed by atoms with Gasteiger partial charge in [0.1, 0.15) is 11.7 Å². The molecule has 0 aromatic heterocycles. The van der Waals surface area contributed by atoms with E-state index in [1.54, 1.807) is 0 Å². The summed E-state index contributed by atoms with van der Waals surface area (Å²) in [6.07, 6.45) is 9.10. The minimum atomic E-state index is -0.351. The minimum Gasteiger partial charge on any atom is -0.355 e. The van der Waals surface area contributed by atoms with Gasteiger partial charge in [0.15, 0.2) is 0 Å². The van der Waals surface area contributed by atoms with Crippen LogP contribution in [0.25, 0.3) is 0 Å². The molecule has 2 nitrogen and oxygen atoms in total. The lowest BCUT2D eigenvalue weighted by Gasteiger charge is -2.40. The summed E-state index contributed by atoms with van der Waals surface area (Å²) in [5.74, 6) is 0.409. The molecule has 80 valence electrons. The van der Waals surface area contributed by atoms with Gasteiger partial charge in [0, 0.05) is 18.9 Å². The molecule has 0 saturated heterocycles. The summed E-state index contributed by atoms with van der Waals surface area (Å²) in [6.45, 7) is 4.33. The third kappa shape index (κ3) is 2.09. The SMILES string of the molecule is CCC(C)[C@]1(OP)C=CC=C[C@H]1OP. The molecule has 4 heteroatoms. The molecule has 0 amide bonds. The van der Waals surface area contributed by atoms with E-state index in [1.807, 2.05) is 18.2 Å². The van der Waals surface area contributed by atoms with Crippen molar-refractivity contribution in [3.63, 3.8) is 0 Å². The highest BCUT2D eigenvalue weighted by Crippen LogP contribution is 2.37. The molecular formula is C10H18O2P2. The first-order valence-corrected chi connectivity index (χ1v) is 5.75. The Morgan fingerprint density at radius 3 is 2.64 bits per heavy atom. The third-order valence-electron chi connectivity index (χ3n) is 2.93. The normalized spacial score (nSPS) is 33.3. The van der Waals surface area contributed by atoms with Crippen molar-refractivity contribution in [3.8, 4) is 0 Å². The molecule has 0 spiro atoms. The monoisotopic (exact) mass is 232 g/mol. The zero-order valence-corrected chi connectivity index (χ0v) is 11.0. The second kappa shape index (κ2) is 5.37. The fourth-order valence-electron chi connectivity index (χ4n) is 1.75. The van der Waals surface area contributed by atoms with E-state index in [1.165, 1.54) is 0 Å². The molecule has 5 atom stereocenters. The number of allylic oxidation sites excluding steroid dienone is 2. The quantitative estimate of drug-likeness (QED) is 0.694. The number of hydrogen-bond acceptors (Lipinski definition) is 2. The van der Waals surface area contributed by atoms with E-state index < -0.39 is 0 Å². The van der Waals surface area contributed by atoms with Crippen molar-refractivity contribution in [1.29, 1.82) is 0 Å². The van der Waals surface area contributed by atoms with E-state index in [4.69, 9.17) is 9.05 Å². The summed E-state index contributed by atoms with van der Waals surface area (Å²) in [7, 11) is 4.66. The van der Waals surface area contributed by atoms with Gasteiger partial charge in [-0.25, -0.2) is 0 Å². The van der Waals surface area contributed by atoms with Gasteiger partial charge in [-0.2, -0.15) is 0 Å². The summed E-state index contributed by atoms with van der Waals surface area (Å²) in [5, 5.41) is 0. The van der Waals surface area contributed by atoms with Crippen LogP contribution in [-0.2, 0) is 9.05 Å². The lowest BCUT2D eigenvalue weighted by Crippen LogP contribution is -2.46. The molecule has 0 aromatic carbocycles. The van der Waals surface area contributed by atoms with E-state index in [9.17, 15) is 0 Å². The van der Waals surface area contributed by atoms with Crippen molar-refractivity contribution in [2.45, 2.75) is 32.0 Å². The smallest absolute Gasteiger partial charge is 0.123 e. The van der Waals surface area contributed by atoms with Gasteiger partial charge in [-0.1, -0.05) is 38.5 Å². The molecule has 0 bridgehead atoms. The fourth-order valence-corrected chi connectivity index (χ4v) is 2.50. The molecule has 0 aliphatic heterocycles. The summed E-state index contributed by atoms with van der Waals surface area (Å²) < 4.78 is 10.9. The molecule has 0 saturated carbocycles. The number of hydrogen-bond donors (Lipinski definition) is 0. The molecule has 1 rings (SSSR count).